The van der Waals surface area contributed by atoms with Gasteiger partial charge in [-0.3, -0.25) is 4.79 Å². The first-order valence-electron chi connectivity index (χ1n) is 7.56. The van der Waals surface area contributed by atoms with E-state index in [9.17, 15) is 4.79 Å². The van der Waals surface area contributed by atoms with Crippen LogP contribution < -0.4 is 19.7 Å². The molecule has 0 aromatic heterocycles. The highest BCUT2D eigenvalue weighted by Crippen LogP contribution is 2.50. The number of ether oxygens (including phenoxy) is 2. The molecule has 3 unspecified atom stereocenters. The first-order chi connectivity index (χ1) is 10.2. The van der Waals surface area contributed by atoms with Crippen molar-refractivity contribution < 1.29 is 14.3 Å². The van der Waals surface area contributed by atoms with Crippen LogP contribution in [0.3, 0.4) is 0 Å². The number of methoxy groups -OCH3 is 2. The Morgan fingerprint density at radius 2 is 1.95 bits per heavy atom. The molecule has 1 saturated heterocycles. The van der Waals surface area contributed by atoms with Crippen molar-refractivity contribution in [1.82, 2.24) is 0 Å². The molecule has 1 aliphatic carbocycles. The van der Waals surface area contributed by atoms with Crippen LogP contribution in [0.5, 0.6) is 11.5 Å². The van der Waals surface area contributed by atoms with E-state index in [1.807, 2.05) is 12.1 Å². The second-order valence-corrected chi connectivity index (χ2v) is 6.17. The van der Waals surface area contributed by atoms with Crippen LogP contribution in [-0.2, 0) is 4.79 Å². The fourth-order valence-corrected chi connectivity index (χ4v) is 4.30. The molecule has 112 valence electrons. The number of rotatable bonds is 2. The minimum absolute atomic E-state index is 0.0110. The summed E-state index contributed by atoms with van der Waals surface area (Å²) in [7, 11) is 3.25. The van der Waals surface area contributed by atoms with Crippen molar-refractivity contribution in [1.29, 1.82) is 0 Å². The molecule has 1 aromatic carbocycles. The van der Waals surface area contributed by atoms with Gasteiger partial charge < -0.3 is 19.7 Å². The van der Waals surface area contributed by atoms with Crippen LogP contribution in [0.25, 0.3) is 0 Å². The molecule has 21 heavy (non-hydrogen) atoms. The van der Waals surface area contributed by atoms with Crippen LogP contribution in [0.1, 0.15) is 19.3 Å². The molecule has 5 nitrogen and oxygen atoms in total. The number of hydrogen-bond donors (Lipinski definition) is 1. The van der Waals surface area contributed by atoms with Gasteiger partial charge in [-0.2, -0.15) is 0 Å². The molecule has 1 N–H and O–H groups in total. The zero-order valence-corrected chi connectivity index (χ0v) is 12.4. The number of carbonyl (C=O) groups excluding carboxylic acids is 1. The van der Waals surface area contributed by atoms with Crippen LogP contribution in [0.15, 0.2) is 12.1 Å². The summed E-state index contributed by atoms with van der Waals surface area (Å²) in [6, 6.07) is 3.83. The quantitative estimate of drug-likeness (QED) is 0.907. The maximum absolute atomic E-state index is 12.5. The molecule has 1 saturated carbocycles. The summed E-state index contributed by atoms with van der Waals surface area (Å²) in [5, 5.41) is 3.05. The number of amides is 1. The van der Waals surface area contributed by atoms with Gasteiger partial charge in [0.1, 0.15) is 6.04 Å². The molecule has 5 heteroatoms. The molecular weight excluding hydrogens is 268 g/mol. The molecule has 2 heterocycles. The van der Waals surface area contributed by atoms with E-state index in [0.717, 1.165) is 17.9 Å². The SMILES string of the molecule is COc1cc2c(cc1OC)N1CC3CCCC3C1C(=O)N2. The number of hydrogen-bond acceptors (Lipinski definition) is 4. The van der Waals surface area contributed by atoms with Gasteiger partial charge in [0.2, 0.25) is 5.91 Å². The Balaban J connectivity index is 1.79. The van der Waals surface area contributed by atoms with Gasteiger partial charge in [0.25, 0.3) is 0 Å². The van der Waals surface area contributed by atoms with E-state index >= 15 is 0 Å². The summed E-state index contributed by atoms with van der Waals surface area (Å²) in [4.78, 5) is 14.8. The van der Waals surface area contributed by atoms with Crippen LogP contribution in [0.2, 0.25) is 0 Å². The fraction of sp³-hybridized carbons (Fsp3) is 0.562. The van der Waals surface area contributed by atoms with Gasteiger partial charge in [0.05, 0.1) is 25.6 Å². The third-order valence-corrected chi connectivity index (χ3v) is 5.23. The van der Waals surface area contributed by atoms with Crippen LogP contribution in [-0.4, -0.2) is 32.7 Å². The maximum Gasteiger partial charge on any atom is 0.247 e. The lowest BCUT2D eigenvalue weighted by atomic mass is 9.92. The summed E-state index contributed by atoms with van der Waals surface area (Å²) in [6.07, 6.45) is 3.67. The average Bonchev–Trinajstić information content (AvgIpc) is 3.06. The zero-order chi connectivity index (χ0) is 14.6. The lowest BCUT2D eigenvalue weighted by molar-refractivity contribution is -0.118. The first kappa shape index (κ1) is 12.8. The zero-order valence-electron chi connectivity index (χ0n) is 12.4. The number of carbonyl (C=O) groups is 1. The van der Waals surface area contributed by atoms with E-state index < -0.39 is 0 Å². The number of benzene rings is 1. The average molecular weight is 288 g/mol. The lowest BCUT2D eigenvalue weighted by Gasteiger charge is -2.35. The predicted octanol–water partition coefficient (Wildman–Crippen LogP) is 2.26. The Hall–Kier alpha value is -1.91. The highest BCUT2D eigenvalue weighted by atomic mass is 16.5. The van der Waals surface area contributed by atoms with Gasteiger partial charge >= 0.3 is 0 Å². The number of nitrogens with zero attached hydrogens (tertiary/aromatic N) is 1. The summed E-state index contributed by atoms with van der Waals surface area (Å²) < 4.78 is 10.7. The molecule has 2 aliphatic heterocycles. The van der Waals surface area contributed by atoms with Gasteiger partial charge in [-0.15, -0.1) is 0 Å². The molecule has 3 atom stereocenters. The fourth-order valence-electron chi connectivity index (χ4n) is 4.30. The Labute approximate surface area is 124 Å². The maximum atomic E-state index is 12.5. The van der Waals surface area contributed by atoms with E-state index in [4.69, 9.17) is 9.47 Å². The second kappa shape index (κ2) is 4.55. The monoisotopic (exact) mass is 288 g/mol. The second-order valence-electron chi connectivity index (χ2n) is 6.17. The molecule has 0 radical (unpaired) electrons. The predicted molar refractivity (Wildman–Crippen MR) is 80.1 cm³/mol. The molecule has 3 aliphatic rings. The van der Waals surface area contributed by atoms with Gasteiger partial charge in [-0.25, -0.2) is 0 Å². The van der Waals surface area contributed by atoms with Gasteiger partial charge in [-0.05, 0) is 24.7 Å². The minimum atomic E-state index is -0.0110. The normalized spacial score (nSPS) is 29.5. The van der Waals surface area contributed by atoms with Crippen molar-refractivity contribution in [2.24, 2.45) is 11.8 Å². The molecule has 0 bridgehead atoms. The molecule has 2 fully saturated rings. The summed E-state index contributed by atoms with van der Waals surface area (Å²) in [5.41, 5.74) is 1.89. The first-order valence-corrected chi connectivity index (χ1v) is 7.56. The van der Waals surface area contributed by atoms with E-state index in [2.05, 4.69) is 10.2 Å². The van der Waals surface area contributed by atoms with Gasteiger partial charge in [-0.1, -0.05) is 6.42 Å². The van der Waals surface area contributed by atoms with E-state index in [1.54, 1.807) is 14.2 Å². The number of anilines is 2. The van der Waals surface area contributed by atoms with Gasteiger partial charge in [0, 0.05) is 18.7 Å². The number of nitrogens with one attached hydrogen (secondary N) is 1. The lowest BCUT2D eigenvalue weighted by Crippen LogP contribution is -2.46. The molecule has 1 amide bonds. The third-order valence-electron chi connectivity index (χ3n) is 5.23. The Morgan fingerprint density at radius 3 is 2.71 bits per heavy atom. The topological polar surface area (TPSA) is 50.8 Å². The van der Waals surface area contributed by atoms with Gasteiger partial charge in [0.15, 0.2) is 11.5 Å². The summed E-state index contributed by atoms with van der Waals surface area (Å²) >= 11 is 0. The molecule has 0 spiro atoms. The van der Waals surface area contributed by atoms with E-state index in [-0.39, 0.29) is 11.9 Å². The van der Waals surface area contributed by atoms with Crippen LogP contribution in [0, 0.1) is 11.8 Å². The van der Waals surface area contributed by atoms with Crippen LogP contribution in [0.4, 0.5) is 11.4 Å². The molecular formula is C16H20N2O3. The van der Waals surface area contributed by atoms with Crippen molar-refractivity contribution in [2.45, 2.75) is 25.3 Å². The van der Waals surface area contributed by atoms with Crippen molar-refractivity contribution in [3.05, 3.63) is 12.1 Å². The van der Waals surface area contributed by atoms with Crippen molar-refractivity contribution in [3.8, 4) is 11.5 Å². The minimum Gasteiger partial charge on any atom is -0.493 e. The smallest absolute Gasteiger partial charge is 0.247 e. The van der Waals surface area contributed by atoms with Crippen molar-refractivity contribution >= 4 is 17.3 Å². The standard InChI is InChI=1S/C16H20N2O3/c1-20-13-6-11-12(7-14(13)21-2)18-8-9-4-3-5-10(9)15(18)16(19)17-11/h6-7,9-10,15H,3-5,8H2,1-2H3,(H,17,19). The van der Waals surface area contributed by atoms with Crippen molar-refractivity contribution in [3.63, 3.8) is 0 Å². The van der Waals surface area contributed by atoms with Crippen molar-refractivity contribution in [2.75, 3.05) is 31.0 Å². The molecule has 1 aromatic rings. The Kier molecular flexibility index (Phi) is 2.77. The number of fused-ring (bicyclic) bond motifs is 5. The highest BCUT2D eigenvalue weighted by molar-refractivity contribution is 6.05. The highest BCUT2D eigenvalue weighted by Gasteiger charge is 2.50. The Morgan fingerprint density at radius 1 is 1.19 bits per heavy atom. The largest absolute Gasteiger partial charge is 0.493 e. The Bertz CT molecular complexity index is 601. The van der Waals surface area contributed by atoms with Crippen LogP contribution >= 0.6 is 0 Å². The molecule has 4 rings (SSSR count). The summed E-state index contributed by atoms with van der Waals surface area (Å²) in [5.74, 6) is 2.65. The van der Waals surface area contributed by atoms with E-state index in [1.165, 1.54) is 19.3 Å². The third kappa shape index (κ3) is 1.73. The van der Waals surface area contributed by atoms with E-state index in [0.29, 0.717) is 23.3 Å². The summed E-state index contributed by atoms with van der Waals surface area (Å²) in [6.45, 7) is 0.977.